The highest BCUT2D eigenvalue weighted by atomic mass is 16.6. The molecule has 0 aromatic heterocycles. The van der Waals surface area contributed by atoms with Crippen LogP contribution in [-0.4, -0.2) is 39.6 Å². The summed E-state index contributed by atoms with van der Waals surface area (Å²) in [6.45, 7) is 3.01. The van der Waals surface area contributed by atoms with E-state index in [1.165, 1.54) is 7.11 Å². The molecule has 0 spiro atoms. The van der Waals surface area contributed by atoms with E-state index in [1.807, 2.05) is 30.3 Å². The van der Waals surface area contributed by atoms with Crippen molar-refractivity contribution in [2.75, 3.05) is 33.5 Å². The third-order valence-corrected chi connectivity index (χ3v) is 2.34. The third kappa shape index (κ3) is 8.83. The molecule has 7 heteroatoms. The Morgan fingerprint density at radius 2 is 1.95 bits per heavy atom. The average molecular weight is 310 g/mol. The van der Waals surface area contributed by atoms with E-state index in [0.29, 0.717) is 18.8 Å². The molecule has 1 aromatic rings. The van der Waals surface area contributed by atoms with Crippen LogP contribution in [0.5, 0.6) is 5.75 Å². The molecule has 2 N–H and O–H groups in total. The number of para-hydroxylation sites is 1. The number of hydrogen-bond donors (Lipinski definition) is 2. The number of carbonyl (C=O) groups excluding carboxylic acids is 1. The molecule has 0 fully saturated rings. The Morgan fingerprint density at radius 3 is 2.68 bits per heavy atom. The number of carbonyl (C=O) groups is 1. The monoisotopic (exact) mass is 310 g/mol. The Hall–Kier alpha value is -2.25. The molecule has 0 aliphatic carbocycles. The molecule has 0 heterocycles. The average Bonchev–Trinajstić information content (AvgIpc) is 2.54. The maximum atomic E-state index is 11.2. The SMILES string of the molecule is COCCOC(=O)NCCON/C(C)=C\Oc1ccccc1. The lowest BCUT2D eigenvalue weighted by atomic mass is 10.3. The summed E-state index contributed by atoms with van der Waals surface area (Å²) in [7, 11) is 1.54. The third-order valence-electron chi connectivity index (χ3n) is 2.34. The van der Waals surface area contributed by atoms with Crippen molar-refractivity contribution in [3.8, 4) is 5.75 Å². The molecule has 122 valence electrons. The summed E-state index contributed by atoms with van der Waals surface area (Å²) in [6.07, 6.45) is 1.04. The van der Waals surface area contributed by atoms with Gasteiger partial charge in [-0.05, 0) is 19.1 Å². The first kappa shape index (κ1) is 17.8. The van der Waals surface area contributed by atoms with Gasteiger partial charge in [-0.1, -0.05) is 18.2 Å². The lowest BCUT2D eigenvalue weighted by Crippen LogP contribution is -2.30. The Morgan fingerprint density at radius 1 is 1.18 bits per heavy atom. The van der Waals surface area contributed by atoms with Crippen LogP contribution < -0.4 is 15.5 Å². The van der Waals surface area contributed by atoms with Crippen molar-refractivity contribution in [3.05, 3.63) is 42.3 Å². The number of rotatable bonds is 10. The van der Waals surface area contributed by atoms with E-state index in [1.54, 1.807) is 13.2 Å². The van der Waals surface area contributed by atoms with Crippen molar-refractivity contribution >= 4 is 6.09 Å². The van der Waals surface area contributed by atoms with Gasteiger partial charge in [-0.3, -0.25) is 10.3 Å². The van der Waals surface area contributed by atoms with Gasteiger partial charge in [0.25, 0.3) is 0 Å². The molecule has 0 aliphatic heterocycles. The first-order valence-corrected chi connectivity index (χ1v) is 6.88. The molecule has 1 rings (SSSR count). The second-order valence-electron chi connectivity index (χ2n) is 4.24. The molecule has 0 unspecified atom stereocenters. The number of nitrogens with one attached hydrogen (secondary N) is 2. The van der Waals surface area contributed by atoms with Gasteiger partial charge in [-0.2, -0.15) is 0 Å². The predicted octanol–water partition coefficient (Wildman–Crippen LogP) is 1.82. The number of hydrogen-bond acceptors (Lipinski definition) is 6. The molecule has 0 saturated carbocycles. The molecule has 0 atom stereocenters. The lowest BCUT2D eigenvalue weighted by molar-refractivity contribution is 0.0597. The van der Waals surface area contributed by atoms with Crippen LogP contribution in [0.3, 0.4) is 0 Å². The molecule has 0 aliphatic rings. The number of hydroxylamine groups is 1. The van der Waals surface area contributed by atoms with Crippen LogP contribution in [0, 0.1) is 0 Å². The second kappa shape index (κ2) is 11.4. The quantitative estimate of drug-likeness (QED) is 0.390. The van der Waals surface area contributed by atoms with Crippen molar-refractivity contribution in [1.29, 1.82) is 0 Å². The standard InChI is InChI=1S/C15H22N2O5/c1-13(12-21-14-6-4-3-5-7-14)17-22-9-8-16-15(18)20-11-10-19-2/h3-7,12,17H,8-11H2,1-2H3,(H,16,18)/b13-12-. The molecule has 1 aromatic carbocycles. The maximum Gasteiger partial charge on any atom is 0.407 e. The van der Waals surface area contributed by atoms with Gasteiger partial charge in [0.1, 0.15) is 18.6 Å². The maximum absolute atomic E-state index is 11.2. The Balaban J connectivity index is 2.05. The minimum atomic E-state index is -0.500. The van der Waals surface area contributed by atoms with Crippen LogP contribution in [0.15, 0.2) is 42.3 Å². The summed E-state index contributed by atoms with van der Waals surface area (Å²) in [5.41, 5.74) is 3.40. The number of alkyl carbamates (subject to hydrolysis) is 1. The lowest BCUT2D eigenvalue weighted by Gasteiger charge is -2.09. The number of benzene rings is 1. The molecule has 0 bridgehead atoms. The Labute approximate surface area is 130 Å². The van der Waals surface area contributed by atoms with Gasteiger partial charge in [-0.15, -0.1) is 0 Å². The van der Waals surface area contributed by atoms with E-state index in [4.69, 9.17) is 19.0 Å². The van der Waals surface area contributed by atoms with Crippen LogP contribution in [0.1, 0.15) is 6.92 Å². The van der Waals surface area contributed by atoms with Gasteiger partial charge in [0.15, 0.2) is 0 Å². The molecular weight excluding hydrogens is 288 g/mol. The van der Waals surface area contributed by atoms with Gasteiger partial charge < -0.3 is 19.5 Å². The van der Waals surface area contributed by atoms with Crippen molar-refractivity contribution < 1.29 is 23.8 Å². The molecule has 0 saturated heterocycles. The van der Waals surface area contributed by atoms with E-state index in [-0.39, 0.29) is 13.2 Å². The Kier molecular flexibility index (Phi) is 9.24. The van der Waals surface area contributed by atoms with Gasteiger partial charge in [0.05, 0.1) is 18.9 Å². The van der Waals surface area contributed by atoms with Crippen molar-refractivity contribution in [3.63, 3.8) is 0 Å². The van der Waals surface area contributed by atoms with Crippen LogP contribution in [0.4, 0.5) is 4.79 Å². The zero-order chi connectivity index (χ0) is 16.0. The topological polar surface area (TPSA) is 78.1 Å². The number of allylic oxidation sites excluding steroid dienone is 1. The van der Waals surface area contributed by atoms with Crippen LogP contribution in [0.25, 0.3) is 0 Å². The summed E-state index contributed by atoms with van der Waals surface area (Å²) in [5.74, 6) is 0.740. The van der Waals surface area contributed by atoms with Gasteiger partial charge in [0.2, 0.25) is 0 Å². The Bertz CT molecular complexity index is 451. The molecular formula is C15H22N2O5. The van der Waals surface area contributed by atoms with Gasteiger partial charge in [-0.25, -0.2) is 4.79 Å². The summed E-state index contributed by atoms with van der Waals surface area (Å²) in [5, 5.41) is 2.54. The fraction of sp³-hybridized carbons (Fsp3) is 0.400. The van der Waals surface area contributed by atoms with Crippen LogP contribution >= 0.6 is 0 Å². The first-order chi connectivity index (χ1) is 10.7. The number of ether oxygens (including phenoxy) is 3. The number of amides is 1. The molecule has 0 radical (unpaired) electrons. The minimum Gasteiger partial charge on any atom is -0.463 e. The molecule has 7 nitrogen and oxygen atoms in total. The van der Waals surface area contributed by atoms with Gasteiger partial charge in [0, 0.05) is 13.7 Å². The van der Waals surface area contributed by atoms with Crippen LogP contribution in [0.2, 0.25) is 0 Å². The van der Waals surface area contributed by atoms with Crippen molar-refractivity contribution in [1.82, 2.24) is 10.8 Å². The highest BCUT2D eigenvalue weighted by Gasteiger charge is 2.00. The zero-order valence-corrected chi connectivity index (χ0v) is 12.8. The zero-order valence-electron chi connectivity index (χ0n) is 12.8. The molecule has 22 heavy (non-hydrogen) atoms. The summed E-state index contributed by atoms with van der Waals surface area (Å²) in [4.78, 5) is 16.3. The van der Waals surface area contributed by atoms with E-state index in [9.17, 15) is 4.79 Å². The smallest absolute Gasteiger partial charge is 0.407 e. The largest absolute Gasteiger partial charge is 0.463 e. The van der Waals surface area contributed by atoms with E-state index >= 15 is 0 Å². The molecule has 1 amide bonds. The van der Waals surface area contributed by atoms with E-state index in [0.717, 1.165) is 5.75 Å². The number of methoxy groups -OCH3 is 1. The fourth-order valence-electron chi connectivity index (χ4n) is 1.32. The van der Waals surface area contributed by atoms with Crippen LogP contribution in [-0.2, 0) is 14.3 Å². The minimum absolute atomic E-state index is 0.222. The normalized spacial score (nSPS) is 10.9. The summed E-state index contributed by atoms with van der Waals surface area (Å²) < 4.78 is 15.0. The highest BCUT2D eigenvalue weighted by molar-refractivity contribution is 5.66. The van der Waals surface area contributed by atoms with Crippen molar-refractivity contribution in [2.24, 2.45) is 0 Å². The second-order valence-corrected chi connectivity index (χ2v) is 4.24. The van der Waals surface area contributed by atoms with Gasteiger partial charge >= 0.3 is 6.09 Å². The fourth-order valence-corrected chi connectivity index (χ4v) is 1.32. The van der Waals surface area contributed by atoms with E-state index in [2.05, 4.69) is 10.8 Å². The van der Waals surface area contributed by atoms with Crippen molar-refractivity contribution in [2.45, 2.75) is 6.92 Å². The highest BCUT2D eigenvalue weighted by Crippen LogP contribution is 2.08. The first-order valence-electron chi connectivity index (χ1n) is 6.88. The summed E-state index contributed by atoms with van der Waals surface area (Å²) in [6, 6.07) is 9.39. The predicted molar refractivity (Wildman–Crippen MR) is 81.1 cm³/mol. The summed E-state index contributed by atoms with van der Waals surface area (Å²) >= 11 is 0. The van der Waals surface area contributed by atoms with E-state index < -0.39 is 6.09 Å².